The van der Waals surface area contributed by atoms with E-state index in [0.717, 1.165) is 23.4 Å². The van der Waals surface area contributed by atoms with Crippen molar-refractivity contribution in [3.05, 3.63) is 65.0 Å². The van der Waals surface area contributed by atoms with Crippen molar-refractivity contribution in [2.24, 2.45) is 0 Å². The number of hydrogen-bond donors (Lipinski definition) is 0. The molecule has 1 amide bonds. The number of likely N-dealkylation sites (N-methyl/N-ethyl adjacent to an activating group) is 1. The molecule has 0 saturated heterocycles. The van der Waals surface area contributed by atoms with Crippen molar-refractivity contribution in [3.63, 3.8) is 0 Å². The Hall–Kier alpha value is -3.08. The van der Waals surface area contributed by atoms with Crippen molar-refractivity contribution in [2.75, 3.05) is 7.05 Å². The number of aromatic nitrogens is 2. The Morgan fingerprint density at radius 1 is 1.11 bits per heavy atom. The minimum atomic E-state index is 0.0606. The number of rotatable bonds is 5. The predicted octanol–water partition coefficient (Wildman–Crippen LogP) is 4.62. The molecule has 4 aromatic rings. The summed E-state index contributed by atoms with van der Waals surface area (Å²) in [5, 5.41) is 6.43. The second kappa shape index (κ2) is 7.15. The molecule has 0 spiro atoms. The molecule has 0 radical (unpaired) electrons. The van der Waals surface area contributed by atoms with Crippen LogP contribution in [-0.2, 0) is 24.3 Å². The molecule has 2 aromatic carbocycles. The zero-order valence-corrected chi connectivity index (χ0v) is 16.8. The van der Waals surface area contributed by atoms with E-state index < -0.39 is 0 Å². The highest BCUT2D eigenvalue weighted by Gasteiger charge is 2.17. The number of hydrogen-bond acceptors (Lipinski definition) is 3. The molecule has 0 aliphatic carbocycles. The normalized spacial score (nSPS) is 11.4. The van der Waals surface area contributed by atoms with Gasteiger partial charge in [0.15, 0.2) is 0 Å². The molecule has 5 nitrogen and oxygen atoms in total. The van der Waals surface area contributed by atoms with Gasteiger partial charge in [-0.05, 0) is 44.5 Å². The van der Waals surface area contributed by atoms with Crippen LogP contribution in [-0.4, -0.2) is 27.6 Å². The number of benzene rings is 2. The molecule has 28 heavy (non-hydrogen) atoms. The highest BCUT2D eigenvalue weighted by molar-refractivity contribution is 6.08. The molecule has 0 N–H and O–H groups in total. The van der Waals surface area contributed by atoms with Crippen LogP contribution >= 0.6 is 0 Å². The molecule has 0 aliphatic heterocycles. The molecule has 0 unspecified atom stereocenters. The van der Waals surface area contributed by atoms with Gasteiger partial charge >= 0.3 is 0 Å². The SMILES string of the molecule is CCn1c2ccccc2c2cc(CN(C)C(=O)Cc3c(C)noc3C)ccc21. The number of para-hydroxylation sites is 1. The van der Waals surface area contributed by atoms with Crippen LogP contribution in [0, 0.1) is 13.8 Å². The minimum Gasteiger partial charge on any atom is -0.361 e. The fraction of sp³-hybridized carbons (Fsp3) is 0.304. The van der Waals surface area contributed by atoms with Crippen molar-refractivity contribution in [2.45, 2.75) is 40.3 Å². The zero-order valence-electron chi connectivity index (χ0n) is 16.8. The van der Waals surface area contributed by atoms with E-state index in [1.54, 1.807) is 4.90 Å². The number of aryl methyl sites for hydroxylation is 3. The summed E-state index contributed by atoms with van der Waals surface area (Å²) in [6, 6.07) is 15.0. The summed E-state index contributed by atoms with van der Waals surface area (Å²) in [6.45, 7) is 7.39. The average molecular weight is 375 g/mol. The lowest BCUT2D eigenvalue weighted by Gasteiger charge is -2.17. The van der Waals surface area contributed by atoms with Gasteiger partial charge < -0.3 is 14.0 Å². The van der Waals surface area contributed by atoms with Crippen LogP contribution < -0.4 is 0 Å². The topological polar surface area (TPSA) is 51.3 Å². The number of nitrogens with zero attached hydrogens (tertiary/aromatic N) is 3. The Labute approximate surface area is 164 Å². The van der Waals surface area contributed by atoms with Crippen molar-refractivity contribution < 1.29 is 9.32 Å². The molecular weight excluding hydrogens is 350 g/mol. The van der Waals surface area contributed by atoms with E-state index in [9.17, 15) is 4.79 Å². The smallest absolute Gasteiger partial charge is 0.227 e. The molecule has 0 bridgehead atoms. The van der Waals surface area contributed by atoms with Gasteiger partial charge in [0, 0.05) is 47.5 Å². The van der Waals surface area contributed by atoms with E-state index in [-0.39, 0.29) is 5.91 Å². The third-order valence-corrected chi connectivity index (χ3v) is 5.51. The van der Waals surface area contributed by atoms with Gasteiger partial charge in [0.1, 0.15) is 5.76 Å². The second-order valence-corrected chi connectivity index (χ2v) is 7.34. The Bertz CT molecular complexity index is 1150. The molecule has 0 saturated carbocycles. The first-order chi connectivity index (χ1) is 13.5. The number of carbonyl (C=O) groups is 1. The molecule has 144 valence electrons. The van der Waals surface area contributed by atoms with Gasteiger partial charge in [-0.25, -0.2) is 0 Å². The van der Waals surface area contributed by atoms with Gasteiger partial charge in [0.05, 0.1) is 12.1 Å². The zero-order chi connectivity index (χ0) is 19.8. The Morgan fingerprint density at radius 2 is 1.86 bits per heavy atom. The van der Waals surface area contributed by atoms with E-state index in [0.29, 0.717) is 18.7 Å². The van der Waals surface area contributed by atoms with Crippen LogP contribution in [0.15, 0.2) is 47.0 Å². The molecule has 2 aromatic heterocycles. The monoisotopic (exact) mass is 375 g/mol. The summed E-state index contributed by atoms with van der Waals surface area (Å²) in [5.41, 5.74) is 5.28. The largest absolute Gasteiger partial charge is 0.361 e. The maximum Gasteiger partial charge on any atom is 0.227 e. The van der Waals surface area contributed by atoms with Crippen LogP contribution in [0.25, 0.3) is 21.8 Å². The summed E-state index contributed by atoms with van der Waals surface area (Å²) in [4.78, 5) is 14.5. The quantitative estimate of drug-likeness (QED) is 0.511. The summed E-state index contributed by atoms with van der Waals surface area (Å²) in [6.07, 6.45) is 0.315. The molecule has 4 rings (SSSR count). The van der Waals surface area contributed by atoms with Crippen molar-refractivity contribution in [1.29, 1.82) is 0 Å². The highest BCUT2D eigenvalue weighted by atomic mass is 16.5. The second-order valence-electron chi connectivity index (χ2n) is 7.34. The van der Waals surface area contributed by atoms with E-state index >= 15 is 0 Å². The third kappa shape index (κ3) is 3.07. The van der Waals surface area contributed by atoms with Crippen molar-refractivity contribution >= 4 is 27.7 Å². The van der Waals surface area contributed by atoms with Crippen molar-refractivity contribution in [3.8, 4) is 0 Å². The molecule has 2 heterocycles. The molecular formula is C23H25N3O2. The van der Waals surface area contributed by atoms with Crippen LogP contribution in [0.1, 0.15) is 29.5 Å². The van der Waals surface area contributed by atoms with Gasteiger partial charge in [-0.1, -0.05) is 29.4 Å². The molecule has 5 heteroatoms. The molecule has 0 atom stereocenters. The van der Waals surface area contributed by atoms with Gasteiger partial charge in [0.2, 0.25) is 5.91 Å². The maximum atomic E-state index is 12.7. The summed E-state index contributed by atoms with van der Waals surface area (Å²) >= 11 is 0. The first-order valence-electron chi connectivity index (χ1n) is 9.65. The fourth-order valence-electron chi connectivity index (χ4n) is 3.94. The summed E-state index contributed by atoms with van der Waals surface area (Å²) in [7, 11) is 1.85. The molecule has 0 fully saturated rings. The maximum absolute atomic E-state index is 12.7. The summed E-state index contributed by atoms with van der Waals surface area (Å²) in [5.74, 6) is 0.776. The Balaban J connectivity index is 1.61. The van der Waals surface area contributed by atoms with Crippen LogP contribution in [0.3, 0.4) is 0 Å². The number of carbonyl (C=O) groups excluding carboxylic acids is 1. The van der Waals surface area contributed by atoms with Crippen LogP contribution in [0.4, 0.5) is 0 Å². The lowest BCUT2D eigenvalue weighted by Crippen LogP contribution is -2.28. The van der Waals surface area contributed by atoms with Crippen LogP contribution in [0.5, 0.6) is 0 Å². The van der Waals surface area contributed by atoms with Crippen LogP contribution in [0.2, 0.25) is 0 Å². The lowest BCUT2D eigenvalue weighted by molar-refractivity contribution is -0.129. The predicted molar refractivity (Wildman–Crippen MR) is 111 cm³/mol. The Morgan fingerprint density at radius 3 is 2.57 bits per heavy atom. The Kier molecular flexibility index (Phi) is 4.67. The standard InChI is InChI=1S/C23H25N3O2/c1-5-26-21-9-7-6-8-18(21)20-12-17(10-11-22(20)26)14-25(4)23(27)13-19-15(2)24-28-16(19)3/h6-12H,5,13-14H2,1-4H3. The van der Waals surface area contributed by atoms with E-state index in [1.807, 2.05) is 20.9 Å². The van der Waals surface area contributed by atoms with E-state index in [2.05, 4.69) is 59.1 Å². The van der Waals surface area contributed by atoms with E-state index in [1.165, 1.54) is 21.8 Å². The number of amides is 1. The first kappa shape index (κ1) is 18.3. The van der Waals surface area contributed by atoms with Gasteiger partial charge in [0.25, 0.3) is 0 Å². The fourth-order valence-corrected chi connectivity index (χ4v) is 3.94. The van der Waals surface area contributed by atoms with Crippen molar-refractivity contribution in [1.82, 2.24) is 14.6 Å². The van der Waals surface area contributed by atoms with E-state index in [4.69, 9.17) is 4.52 Å². The first-order valence-corrected chi connectivity index (χ1v) is 9.65. The highest BCUT2D eigenvalue weighted by Crippen LogP contribution is 2.30. The third-order valence-electron chi connectivity index (χ3n) is 5.51. The van der Waals surface area contributed by atoms with Gasteiger partial charge in [-0.15, -0.1) is 0 Å². The molecule has 0 aliphatic rings. The van der Waals surface area contributed by atoms with Gasteiger partial charge in [-0.3, -0.25) is 4.79 Å². The minimum absolute atomic E-state index is 0.0606. The van der Waals surface area contributed by atoms with Gasteiger partial charge in [-0.2, -0.15) is 0 Å². The lowest BCUT2D eigenvalue weighted by atomic mass is 10.1. The number of fused-ring (bicyclic) bond motifs is 3. The summed E-state index contributed by atoms with van der Waals surface area (Å²) < 4.78 is 7.51. The average Bonchev–Trinajstić information content (AvgIpc) is 3.19.